The Morgan fingerprint density at radius 1 is 0.857 bits per heavy atom. The summed E-state index contributed by atoms with van der Waals surface area (Å²) < 4.78 is 4.60. The summed E-state index contributed by atoms with van der Waals surface area (Å²) in [6.07, 6.45) is 12.9. The Balaban J connectivity index is 3.17. The molecule has 0 aromatic rings. The van der Waals surface area contributed by atoms with Crippen molar-refractivity contribution in [1.29, 1.82) is 0 Å². The number of aliphatic hydroxyl groups excluding tert-OH is 2. The normalized spacial score (nSPS) is 12.3. The minimum Gasteiger partial charge on any atom is -0.469 e. The van der Waals surface area contributed by atoms with E-state index in [1.807, 2.05) is 0 Å². The molecule has 0 spiro atoms. The lowest BCUT2D eigenvalue weighted by molar-refractivity contribution is -0.140. The number of hydrogen-bond donors (Lipinski definition) is 2. The molecule has 1 atom stereocenters. The van der Waals surface area contributed by atoms with Gasteiger partial charge < -0.3 is 14.9 Å². The molecule has 0 heterocycles. The highest BCUT2D eigenvalue weighted by Gasteiger charge is 2.04. The van der Waals surface area contributed by atoms with Crippen LogP contribution in [0.2, 0.25) is 0 Å². The van der Waals surface area contributed by atoms with Gasteiger partial charge in [-0.15, -0.1) is 0 Å². The average molecular weight is 302 g/mol. The summed E-state index contributed by atoms with van der Waals surface area (Å²) in [5, 5.41) is 18.5. The molecule has 0 bridgehead atoms. The van der Waals surface area contributed by atoms with Gasteiger partial charge in [-0.1, -0.05) is 51.4 Å². The third kappa shape index (κ3) is 15.6. The fourth-order valence-corrected chi connectivity index (χ4v) is 2.45. The van der Waals surface area contributed by atoms with Crippen LogP contribution in [0, 0.1) is 0 Å². The maximum Gasteiger partial charge on any atom is 0.305 e. The van der Waals surface area contributed by atoms with E-state index in [2.05, 4.69) is 4.74 Å². The van der Waals surface area contributed by atoms with Crippen LogP contribution in [-0.4, -0.2) is 36.0 Å². The molecule has 2 N–H and O–H groups in total. The minimum absolute atomic E-state index is 0.114. The number of rotatable bonds is 15. The predicted molar refractivity (Wildman–Crippen MR) is 85.1 cm³/mol. The van der Waals surface area contributed by atoms with Gasteiger partial charge in [0.1, 0.15) is 0 Å². The molecular formula is C17H34O4. The van der Waals surface area contributed by atoms with Crippen molar-refractivity contribution in [2.45, 2.75) is 89.6 Å². The van der Waals surface area contributed by atoms with Crippen molar-refractivity contribution < 1.29 is 19.7 Å². The average Bonchev–Trinajstić information content (AvgIpc) is 2.49. The van der Waals surface area contributed by atoms with Crippen LogP contribution in [0.3, 0.4) is 0 Å². The first-order valence-electron chi connectivity index (χ1n) is 8.56. The Hall–Kier alpha value is -0.610. The van der Waals surface area contributed by atoms with Crippen LogP contribution in [0.15, 0.2) is 0 Å². The Morgan fingerprint density at radius 3 is 1.86 bits per heavy atom. The lowest BCUT2D eigenvalue weighted by Crippen LogP contribution is -2.06. The topological polar surface area (TPSA) is 66.8 Å². The van der Waals surface area contributed by atoms with E-state index in [1.165, 1.54) is 20.0 Å². The molecule has 126 valence electrons. The van der Waals surface area contributed by atoms with Gasteiger partial charge in [0.25, 0.3) is 0 Å². The van der Waals surface area contributed by atoms with Gasteiger partial charge in [0.15, 0.2) is 0 Å². The molecule has 4 nitrogen and oxygen atoms in total. The summed E-state index contributed by atoms with van der Waals surface area (Å²) in [7, 11) is 1.43. The monoisotopic (exact) mass is 302 g/mol. The molecule has 0 amide bonds. The van der Waals surface area contributed by atoms with Gasteiger partial charge in [0.2, 0.25) is 0 Å². The van der Waals surface area contributed by atoms with Crippen LogP contribution >= 0.6 is 0 Å². The molecule has 4 heteroatoms. The number of unbranched alkanes of at least 4 members (excludes halogenated alkanes) is 8. The van der Waals surface area contributed by atoms with Crippen LogP contribution in [-0.2, 0) is 9.53 Å². The highest BCUT2D eigenvalue weighted by Crippen LogP contribution is 2.13. The zero-order chi connectivity index (χ0) is 15.8. The van der Waals surface area contributed by atoms with E-state index >= 15 is 0 Å². The van der Waals surface area contributed by atoms with Crippen molar-refractivity contribution in [2.24, 2.45) is 0 Å². The smallest absolute Gasteiger partial charge is 0.305 e. The van der Waals surface area contributed by atoms with Gasteiger partial charge in [-0.3, -0.25) is 4.79 Å². The highest BCUT2D eigenvalue weighted by atomic mass is 16.5. The van der Waals surface area contributed by atoms with Gasteiger partial charge in [-0.2, -0.15) is 0 Å². The second kappa shape index (κ2) is 15.8. The molecule has 0 aliphatic rings. The maximum atomic E-state index is 10.9. The fraction of sp³-hybridized carbons (Fsp3) is 0.941. The minimum atomic E-state index is -0.154. The van der Waals surface area contributed by atoms with Gasteiger partial charge in [-0.05, 0) is 25.7 Å². The number of carbonyl (C=O) groups is 1. The molecule has 0 aliphatic carbocycles. The molecule has 0 saturated heterocycles. The third-order valence-corrected chi connectivity index (χ3v) is 3.84. The predicted octanol–water partition coefficient (Wildman–Crippen LogP) is 3.58. The second-order valence-electron chi connectivity index (χ2n) is 5.82. The zero-order valence-electron chi connectivity index (χ0n) is 13.7. The molecule has 0 radical (unpaired) electrons. The molecule has 0 saturated carbocycles. The molecule has 0 aromatic heterocycles. The van der Waals surface area contributed by atoms with Gasteiger partial charge in [0.05, 0.1) is 13.2 Å². The molecule has 0 rings (SSSR count). The summed E-state index contributed by atoms with van der Waals surface area (Å²) >= 11 is 0. The first-order valence-corrected chi connectivity index (χ1v) is 8.56. The number of ether oxygens (including phenoxy) is 1. The van der Waals surface area contributed by atoms with E-state index in [0.717, 1.165) is 64.2 Å². The van der Waals surface area contributed by atoms with E-state index in [-0.39, 0.29) is 18.7 Å². The van der Waals surface area contributed by atoms with Gasteiger partial charge >= 0.3 is 5.97 Å². The van der Waals surface area contributed by atoms with Crippen molar-refractivity contribution >= 4 is 5.97 Å². The van der Waals surface area contributed by atoms with E-state index in [0.29, 0.717) is 6.42 Å². The van der Waals surface area contributed by atoms with Crippen LogP contribution in [0.5, 0.6) is 0 Å². The van der Waals surface area contributed by atoms with Crippen molar-refractivity contribution in [3.63, 3.8) is 0 Å². The van der Waals surface area contributed by atoms with Gasteiger partial charge in [0, 0.05) is 13.0 Å². The standard InChI is InChI=1S/C17H34O4/c1-21-17(20)14-10-5-3-2-4-8-12-16(19)13-9-6-7-11-15-18/h16,18-19H,2-15H2,1H3. The second-order valence-corrected chi connectivity index (χ2v) is 5.82. The number of aliphatic hydroxyl groups is 2. The Kier molecular flexibility index (Phi) is 15.3. The lowest BCUT2D eigenvalue weighted by Gasteiger charge is -2.10. The van der Waals surface area contributed by atoms with Crippen molar-refractivity contribution in [2.75, 3.05) is 13.7 Å². The Labute approximate surface area is 129 Å². The lowest BCUT2D eigenvalue weighted by atomic mass is 10.0. The number of methoxy groups -OCH3 is 1. The maximum absolute atomic E-state index is 10.9. The summed E-state index contributed by atoms with van der Waals surface area (Å²) in [6, 6.07) is 0. The van der Waals surface area contributed by atoms with Crippen LogP contribution in [0.1, 0.15) is 83.5 Å². The van der Waals surface area contributed by atoms with Crippen molar-refractivity contribution in [1.82, 2.24) is 0 Å². The number of carbonyl (C=O) groups excluding carboxylic acids is 1. The Morgan fingerprint density at radius 2 is 1.33 bits per heavy atom. The summed E-state index contributed by atoms with van der Waals surface area (Å²) in [4.78, 5) is 10.9. The highest BCUT2D eigenvalue weighted by molar-refractivity contribution is 5.68. The fourth-order valence-electron chi connectivity index (χ4n) is 2.45. The molecule has 21 heavy (non-hydrogen) atoms. The summed E-state index contributed by atoms with van der Waals surface area (Å²) in [5.41, 5.74) is 0. The summed E-state index contributed by atoms with van der Waals surface area (Å²) in [5.74, 6) is -0.114. The van der Waals surface area contributed by atoms with Crippen molar-refractivity contribution in [3.8, 4) is 0 Å². The van der Waals surface area contributed by atoms with Gasteiger partial charge in [-0.25, -0.2) is 0 Å². The SMILES string of the molecule is COC(=O)CCCCCCCCC(O)CCCCCCO. The third-order valence-electron chi connectivity index (χ3n) is 3.84. The van der Waals surface area contributed by atoms with E-state index < -0.39 is 0 Å². The van der Waals surface area contributed by atoms with Crippen LogP contribution in [0.4, 0.5) is 0 Å². The first kappa shape index (κ1) is 20.4. The van der Waals surface area contributed by atoms with Crippen LogP contribution in [0.25, 0.3) is 0 Å². The zero-order valence-corrected chi connectivity index (χ0v) is 13.7. The molecule has 0 fully saturated rings. The van der Waals surface area contributed by atoms with E-state index in [4.69, 9.17) is 5.11 Å². The first-order chi connectivity index (χ1) is 10.2. The van der Waals surface area contributed by atoms with Crippen molar-refractivity contribution in [3.05, 3.63) is 0 Å². The Bertz CT molecular complexity index is 231. The molecule has 1 unspecified atom stereocenters. The van der Waals surface area contributed by atoms with Crippen LogP contribution < -0.4 is 0 Å². The van der Waals surface area contributed by atoms with E-state index in [9.17, 15) is 9.90 Å². The largest absolute Gasteiger partial charge is 0.469 e. The quantitative estimate of drug-likeness (QED) is 0.358. The molecule has 0 aromatic carbocycles. The molecule has 0 aliphatic heterocycles. The molecular weight excluding hydrogens is 268 g/mol. The number of esters is 1. The van der Waals surface area contributed by atoms with E-state index in [1.54, 1.807) is 0 Å². The summed E-state index contributed by atoms with van der Waals surface area (Å²) in [6.45, 7) is 0.280. The number of hydrogen-bond acceptors (Lipinski definition) is 4.